The van der Waals surface area contributed by atoms with Crippen LogP contribution in [0, 0.1) is 12.7 Å². The third-order valence-electron chi connectivity index (χ3n) is 3.98. The first-order valence-electron chi connectivity index (χ1n) is 8.27. The van der Waals surface area contributed by atoms with Crippen LogP contribution in [0.2, 0.25) is 5.02 Å². The Morgan fingerprint density at radius 2 is 1.93 bits per heavy atom. The van der Waals surface area contributed by atoms with Crippen molar-refractivity contribution in [3.8, 4) is 16.9 Å². The number of nitrogens with one attached hydrogen (secondary N) is 1. The Hall–Kier alpha value is -3.25. The molecule has 0 aliphatic heterocycles. The van der Waals surface area contributed by atoms with Gasteiger partial charge in [0.15, 0.2) is 0 Å². The Labute approximate surface area is 160 Å². The zero-order chi connectivity index (χ0) is 18.8. The van der Waals surface area contributed by atoms with Gasteiger partial charge in [-0.1, -0.05) is 23.7 Å². The van der Waals surface area contributed by atoms with E-state index in [1.54, 1.807) is 35.1 Å². The summed E-state index contributed by atoms with van der Waals surface area (Å²) in [5.74, 6) is 0.143. The maximum Gasteiger partial charge on any atom is 0.227 e. The fourth-order valence-electron chi connectivity index (χ4n) is 2.73. The van der Waals surface area contributed by atoms with Gasteiger partial charge >= 0.3 is 0 Å². The van der Waals surface area contributed by atoms with Gasteiger partial charge in [0.05, 0.1) is 17.1 Å². The van der Waals surface area contributed by atoms with Crippen LogP contribution >= 0.6 is 11.6 Å². The van der Waals surface area contributed by atoms with Crippen molar-refractivity contribution in [2.75, 3.05) is 5.32 Å². The van der Waals surface area contributed by atoms with E-state index in [-0.39, 0.29) is 5.82 Å². The summed E-state index contributed by atoms with van der Waals surface area (Å²) in [7, 11) is 0. The molecule has 0 radical (unpaired) electrons. The van der Waals surface area contributed by atoms with Crippen molar-refractivity contribution in [2.24, 2.45) is 0 Å². The number of nitrogens with zero attached hydrogens (tertiary/aromatic N) is 4. The normalized spacial score (nSPS) is 10.8. The number of anilines is 2. The average molecular weight is 380 g/mol. The van der Waals surface area contributed by atoms with Crippen LogP contribution in [0.4, 0.5) is 16.0 Å². The first-order chi connectivity index (χ1) is 13.1. The van der Waals surface area contributed by atoms with Gasteiger partial charge in [0.1, 0.15) is 5.82 Å². The van der Waals surface area contributed by atoms with Gasteiger partial charge in [0, 0.05) is 28.7 Å². The number of hydrogen-bond donors (Lipinski definition) is 1. The third kappa shape index (κ3) is 3.80. The van der Waals surface area contributed by atoms with Crippen LogP contribution in [-0.2, 0) is 0 Å². The predicted octanol–water partition coefficient (Wildman–Crippen LogP) is 5.17. The van der Waals surface area contributed by atoms with Gasteiger partial charge in [0.2, 0.25) is 5.95 Å². The monoisotopic (exact) mass is 379 g/mol. The lowest BCUT2D eigenvalue weighted by atomic mass is 10.2. The second-order valence-electron chi connectivity index (χ2n) is 5.95. The van der Waals surface area contributed by atoms with Crippen LogP contribution < -0.4 is 5.32 Å². The highest BCUT2D eigenvalue weighted by molar-refractivity contribution is 6.30. The highest BCUT2D eigenvalue weighted by Gasteiger charge is 2.11. The van der Waals surface area contributed by atoms with Crippen molar-refractivity contribution in [1.82, 2.24) is 19.7 Å². The predicted molar refractivity (Wildman–Crippen MR) is 104 cm³/mol. The second kappa shape index (κ2) is 7.17. The quantitative estimate of drug-likeness (QED) is 0.531. The fraction of sp³-hybridized carbons (Fsp3) is 0.0500. The molecule has 7 heteroatoms. The molecule has 0 amide bonds. The van der Waals surface area contributed by atoms with E-state index in [0.29, 0.717) is 16.7 Å². The molecule has 1 N–H and O–H groups in total. The van der Waals surface area contributed by atoms with Gasteiger partial charge in [-0.15, -0.1) is 0 Å². The lowest BCUT2D eigenvalue weighted by Gasteiger charge is -2.06. The lowest BCUT2D eigenvalue weighted by molar-refractivity contribution is 0.625. The Kier molecular flexibility index (Phi) is 4.56. The van der Waals surface area contributed by atoms with E-state index in [2.05, 4.69) is 20.4 Å². The number of aromatic nitrogens is 4. The molecule has 27 heavy (non-hydrogen) atoms. The first-order valence-corrected chi connectivity index (χ1v) is 8.64. The summed E-state index contributed by atoms with van der Waals surface area (Å²) >= 11 is 6.01. The minimum absolute atomic E-state index is 0.308. The van der Waals surface area contributed by atoms with E-state index in [1.807, 2.05) is 31.3 Å². The summed E-state index contributed by atoms with van der Waals surface area (Å²) in [6.45, 7) is 1.89. The number of benzene rings is 2. The molecular weight excluding hydrogens is 365 g/mol. The van der Waals surface area contributed by atoms with E-state index < -0.39 is 0 Å². The molecule has 5 nitrogen and oxygen atoms in total. The molecule has 4 aromatic rings. The average Bonchev–Trinajstić information content (AvgIpc) is 3.04. The first kappa shape index (κ1) is 17.2. The third-order valence-corrected chi connectivity index (χ3v) is 4.22. The zero-order valence-corrected chi connectivity index (χ0v) is 15.2. The molecule has 0 bridgehead atoms. The Bertz CT molecular complexity index is 1110. The maximum absolute atomic E-state index is 13.5. The van der Waals surface area contributed by atoms with Crippen LogP contribution in [0.15, 0.2) is 67.0 Å². The van der Waals surface area contributed by atoms with E-state index in [0.717, 1.165) is 22.6 Å². The smallest absolute Gasteiger partial charge is 0.227 e. The van der Waals surface area contributed by atoms with Gasteiger partial charge in [-0.25, -0.2) is 19.0 Å². The van der Waals surface area contributed by atoms with E-state index in [4.69, 9.17) is 11.6 Å². The van der Waals surface area contributed by atoms with Crippen LogP contribution in [0.25, 0.3) is 16.9 Å². The SMILES string of the molecule is Cc1nn(-c2cccc(F)c2)cc1-c1ccnc(Nc2cccc(Cl)c2)n1. The van der Waals surface area contributed by atoms with Crippen molar-refractivity contribution >= 4 is 23.2 Å². The van der Waals surface area contributed by atoms with Gasteiger partial charge in [-0.05, 0) is 49.4 Å². The molecular formula is C20H15ClFN5. The molecule has 0 aliphatic rings. The van der Waals surface area contributed by atoms with Crippen molar-refractivity contribution in [1.29, 1.82) is 0 Å². The second-order valence-corrected chi connectivity index (χ2v) is 6.39. The van der Waals surface area contributed by atoms with Crippen LogP contribution in [0.1, 0.15) is 5.69 Å². The van der Waals surface area contributed by atoms with Gasteiger partial charge < -0.3 is 5.32 Å². The van der Waals surface area contributed by atoms with E-state index >= 15 is 0 Å². The summed E-state index contributed by atoms with van der Waals surface area (Å²) in [6, 6.07) is 15.4. The molecule has 0 saturated carbocycles. The van der Waals surface area contributed by atoms with Gasteiger partial charge in [0.25, 0.3) is 0 Å². The molecule has 134 valence electrons. The Morgan fingerprint density at radius 3 is 2.74 bits per heavy atom. The number of hydrogen-bond acceptors (Lipinski definition) is 4. The summed E-state index contributed by atoms with van der Waals surface area (Å²) in [6.07, 6.45) is 3.50. The molecule has 4 rings (SSSR count). The standard InChI is InChI=1S/C20H15ClFN5/c1-13-18(12-27(26-13)17-7-3-5-15(22)11-17)19-8-9-23-20(25-19)24-16-6-2-4-14(21)10-16/h2-12H,1H3,(H,23,24,25). The molecule has 2 aromatic carbocycles. The van der Waals surface area contributed by atoms with Crippen molar-refractivity contribution in [3.05, 3.63) is 83.5 Å². The van der Waals surface area contributed by atoms with E-state index in [9.17, 15) is 4.39 Å². The summed E-state index contributed by atoms with van der Waals surface area (Å²) in [5, 5.41) is 8.24. The zero-order valence-electron chi connectivity index (χ0n) is 14.4. The largest absolute Gasteiger partial charge is 0.324 e. The summed E-state index contributed by atoms with van der Waals surface area (Å²) in [4.78, 5) is 8.81. The maximum atomic E-state index is 13.5. The number of aryl methyl sites for hydroxylation is 1. The van der Waals surface area contributed by atoms with Gasteiger partial charge in [-0.2, -0.15) is 5.10 Å². The number of halogens is 2. The molecule has 2 heterocycles. The highest BCUT2D eigenvalue weighted by atomic mass is 35.5. The van der Waals surface area contributed by atoms with Crippen LogP contribution in [0.3, 0.4) is 0 Å². The molecule has 0 unspecified atom stereocenters. The van der Waals surface area contributed by atoms with Crippen molar-refractivity contribution in [2.45, 2.75) is 6.92 Å². The fourth-order valence-corrected chi connectivity index (χ4v) is 2.92. The minimum atomic E-state index is -0.308. The van der Waals surface area contributed by atoms with Gasteiger partial charge in [-0.3, -0.25) is 0 Å². The summed E-state index contributed by atoms with van der Waals surface area (Å²) < 4.78 is 15.1. The van der Waals surface area contributed by atoms with Crippen molar-refractivity contribution < 1.29 is 4.39 Å². The van der Waals surface area contributed by atoms with Crippen LogP contribution in [-0.4, -0.2) is 19.7 Å². The van der Waals surface area contributed by atoms with Crippen molar-refractivity contribution in [3.63, 3.8) is 0 Å². The Balaban J connectivity index is 1.66. The van der Waals surface area contributed by atoms with E-state index in [1.165, 1.54) is 12.1 Å². The topological polar surface area (TPSA) is 55.6 Å². The molecule has 0 fully saturated rings. The summed E-state index contributed by atoms with van der Waals surface area (Å²) in [5.41, 5.74) is 3.79. The number of rotatable bonds is 4. The molecule has 2 aromatic heterocycles. The molecule has 0 saturated heterocycles. The Morgan fingerprint density at radius 1 is 1.07 bits per heavy atom. The molecule has 0 atom stereocenters. The molecule has 0 aliphatic carbocycles. The van der Waals surface area contributed by atoms with Crippen LogP contribution in [0.5, 0.6) is 0 Å². The lowest BCUT2D eigenvalue weighted by Crippen LogP contribution is -1.98. The minimum Gasteiger partial charge on any atom is -0.324 e. The molecule has 0 spiro atoms. The highest BCUT2D eigenvalue weighted by Crippen LogP contribution is 2.24.